The van der Waals surface area contributed by atoms with Crippen molar-refractivity contribution < 1.29 is 4.79 Å². The molecule has 0 radical (unpaired) electrons. The molecule has 0 amide bonds. The fourth-order valence-corrected chi connectivity index (χ4v) is 2.56. The summed E-state index contributed by atoms with van der Waals surface area (Å²) in [5.74, 6) is 0. The lowest BCUT2D eigenvalue weighted by Crippen LogP contribution is -1.92. The van der Waals surface area contributed by atoms with Crippen molar-refractivity contribution in [3.63, 3.8) is 0 Å². The van der Waals surface area contributed by atoms with Crippen molar-refractivity contribution in [2.24, 2.45) is 7.05 Å². The first-order chi connectivity index (χ1) is 7.70. The largest absolute Gasteiger partial charge is 0.298 e. The molecule has 2 aromatic rings. The van der Waals surface area contributed by atoms with Gasteiger partial charge in [-0.25, -0.2) is 9.67 Å². The van der Waals surface area contributed by atoms with Crippen LogP contribution in [-0.4, -0.2) is 21.1 Å². The normalized spacial score (nSPS) is 10.4. The van der Waals surface area contributed by atoms with E-state index in [4.69, 9.17) is 0 Å². The average Bonchev–Trinajstić information content (AvgIpc) is 2.67. The van der Waals surface area contributed by atoms with Gasteiger partial charge in [0.1, 0.15) is 12.6 Å². The summed E-state index contributed by atoms with van der Waals surface area (Å²) in [5.41, 5.74) is 0.647. The van der Waals surface area contributed by atoms with E-state index in [1.54, 1.807) is 16.8 Å². The zero-order valence-electron chi connectivity index (χ0n) is 8.42. The molecule has 0 saturated carbocycles. The van der Waals surface area contributed by atoms with Crippen LogP contribution >= 0.6 is 27.7 Å². The minimum absolute atomic E-state index is 0.647. The predicted molar refractivity (Wildman–Crippen MR) is 64.7 cm³/mol. The van der Waals surface area contributed by atoms with Crippen molar-refractivity contribution >= 4 is 34.0 Å². The summed E-state index contributed by atoms with van der Waals surface area (Å²) in [7, 11) is 1.84. The van der Waals surface area contributed by atoms with E-state index < -0.39 is 0 Å². The standard InChI is InChI=1S/C10H8BrN3OS/c1-14-10(12-6-13-14)16-9-3-2-7(5-15)4-8(9)11/h2-6H,1H3. The monoisotopic (exact) mass is 297 g/mol. The molecule has 0 atom stereocenters. The van der Waals surface area contributed by atoms with Crippen LogP contribution in [0.3, 0.4) is 0 Å². The van der Waals surface area contributed by atoms with Gasteiger partial charge >= 0.3 is 0 Å². The Morgan fingerprint density at radius 1 is 1.50 bits per heavy atom. The minimum atomic E-state index is 0.647. The summed E-state index contributed by atoms with van der Waals surface area (Å²) < 4.78 is 2.58. The van der Waals surface area contributed by atoms with Gasteiger partial charge in [0.2, 0.25) is 0 Å². The summed E-state index contributed by atoms with van der Waals surface area (Å²) >= 11 is 4.91. The van der Waals surface area contributed by atoms with Crippen LogP contribution in [-0.2, 0) is 7.05 Å². The highest BCUT2D eigenvalue weighted by atomic mass is 79.9. The lowest BCUT2D eigenvalue weighted by atomic mass is 10.2. The Balaban J connectivity index is 2.29. The molecular formula is C10H8BrN3OS. The molecule has 1 heterocycles. The number of aromatic nitrogens is 3. The fraction of sp³-hybridized carbons (Fsp3) is 0.100. The van der Waals surface area contributed by atoms with Crippen LogP contribution in [0.4, 0.5) is 0 Å². The molecule has 1 aromatic heterocycles. The molecule has 6 heteroatoms. The smallest absolute Gasteiger partial charge is 0.190 e. The summed E-state index contributed by atoms with van der Waals surface area (Å²) in [4.78, 5) is 15.7. The molecule has 4 nitrogen and oxygen atoms in total. The van der Waals surface area contributed by atoms with E-state index in [2.05, 4.69) is 26.0 Å². The van der Waals surface area contributed by atoms with Crippen molar-refractivity contribution in [3.8, 4) is 0 Å². The number of halogens is 1. The van der Waals surface area contributed by atoms with Gasteiger partial charge in [0, 0.05) is 22.0 Å². The lowest BCUT2D eigenvalue weighted by Gasteiger charge is -2.03. The molecule has 0 aliphatic heterocycles. The highest BCUT2D eigenvalue weighted by molar-refractivity contribution is 9.10. The van der Waals surface area contributed by atoms with Gasteiger partial charge in [-0.2, -0.15) is 5.10 Å². The minimum Gasteiger partial charge on any atom is -0.298 e. The molecule has 0 fully saturated rings. The van der Waals surface area contributed by atoms with Crippen LogP contribution in [0.25, 0.3) is 0 Å². The van der Waals surface area contributed by atoms with Crippen molar-refractivity contribution in [3.05, 3.63) is 34.6 Å². The van der Waals surface area contributed by atoms with Gasteiger partial charge in [-0.05, 0) is 39.8 Å². The Morgan fingerprint density at radius 2 is 2.31 bits per heavy atom. The number of hydrogen-bond donors (Lipinski definition) is 0. The second-order valence-corrected chi connectivity index (χ2v) is 4.94. The molecule has 0 spiro atoms. The molecular weight excluding hydrogens is 290 g/mol. The quantitative estimate of drug-likeness (QED) is 0.817. The molecule has 0 aliphatic rings. The first kappa shape index (κ1) is 11.3. The van der Waals surface area contributed by atoms with Gasteiger partial charge in [0.15, 0.2) is 5.16 Å². The van der Waals surface area contributed by atoms with Crippen LogP contribution in [0.15, 0.2) is 39.1 Å². The maximum absolute atomic E-state index is 10.6. The number of carbonyl (C=O) groups is 1. The van der Waals surface area contributed by atoms with Crippen LogP contribution in [0, 0.1) is 0 Å². The maximum atomic E-state index is 10.6. The van der Waals surface area contributed by atoms with E-state index in [-0.39, 0.29) is 0 Å². The van der Waals surface area contributed by atoms with Gasteiger partial charge in [-0.15, -0.1) is 0 Å². The summed E-state index contributed by atoms with van der Waals surface area (Å²) in [5, 5.41) is 4.79. The number of nitrogens with zero attached hydrogens (tertiary/aromatic N) is 3. The molecule has 0 unspecified atom stereocenters. The van der Waals surface area contributed by atoms with E-state index in [9.17, 15) is 4.79 Å². The van der Waals surface area contributed by atoms with Crippen LogP contribution in [0.1, 0.15) is 10.4 Å². The van der Waals surface area contributed by atoms with Gasteiger partial charge in [-0.3, -0.25) is 4.79 Å². The Morgan fingerprint density at radius 3 is 2.88 bits per heavy atom. The second kappa shape index (κ2) is 4.80. The topological polar surface area (TPSA) is 47.8 Å². The zero-order valence-corrected chi connectivity index (χ0v) is 10.8. The Labute approximate surface area is 105 Å². The first-order valence-electron chi connectivity index (χ1n) is 4.47. The third-order valence-corrected chi connectivity index (χ3v) is 4.01. The van der Waals surface area contributed by atoms with Crippen molar-refractivity contribution in [2.45, 2.75) is 10.1 Å². The summed E-state index contributed by atoms with van der Waals surface area (Å²) in [6.45, 7) is 0. The van der Waals surface area contributed by atoms with Gasteiger partial charge in [-0.1, -0.05) is 6.07 Å². The summed E-state index contributed by atoms with van der Waals surface area (Å²) in [6, 6.07) is 5.44. The van der Waals surface area contributed by atoms with Crippen LogP contribution < -0.4 is 0 Å². The van der Waals surface area contributed by atoms with E-state index in [0.29, 0.717) is 5.56 Å². The van der Waals surface area contributed by atoms with Crippen molar-refractivity contribution in [1.29, 1.82) is 0 Å². The predicted octanol–water partition coefficient (Wildman–Crippen LogP) is 2.54. The highest BCUT2D eigenvalue weighted by Crippen LogP contribution is 2.32. The Bertz CT molecular complexity index is 527. The Kier molecular flexibility index (Phi) is 3.40. The number of benzene rings is 1. The number of aldehydes is 1. The summed E-state index contributed by atoms with van der Waals surface area (Å²) in [6.07, 6.45) is 2.33. The molecule has 0 aliphatic carbocycles. The van der Waals surface area contributed by atoms with Crippen LogP contribution in [0.2, 0.25) is 0 Å². The average molecular weight is 298 g/mol. The van der Waals surface area contributed by atoms with E-state index >= 15 is 0 Å². The highest BCUT2D eigenvalue weighted by Gasteiger charge is 2.07. The number of aryl methyl sites for hydroxylation is 1. The molecule has 2 rings (SSSR count). The molecule has 82 valence electrons. The van der Waals surface area contributed by atoms with Gasteiger partial charge in [0.25, 0.3) is 0 Å². The Hall–Kier alpha value is -1.14. The van der Waals surface area contributed by atoms with Gasteiger partial charge in [0.05, 0.1) is 0 Å². The molecule has 0 N–H and O–H groups in total. The zero-order chi connectivity index (χ0) is 11.5. The third-order valence-electron chi connectivity index (χ3n) is 1.96. The maximum Gasteiger partial charge on any atom is 0.190 e. The fourth-order valence-electron chi connectivity index (χ4n) is 1.15. The van der Waals surface area contributed by atoms with E-state index in [0.717, 1.165) is 20.8 Å². The molecule has 1 aromatic carbocycles. The van der Waals surface area contributed by atoms with Crippen molar-refractivity contribution in [2.75, 3.05) is 0 Å². The second-order valence-electron chi connectivity index (χ2n) is 3.08. The molecule has 0 saturated heterocycles. The van der Waals surface area contributed by atoms with Crippen molar-refractivity contribution in [1.82, 2.24) is 14.8 Å². The lowest BCUT2D eigenvalue weighted by molar-refractivity contribution is 0.112. The van der Waals surface area contributed by atoms with E-state index in [1.807, 2.05) is 13.1 Å². The third kappa shape index (κ3) is 2.33. The first-order valence-corrected chi connectivity index (χ1v) is 6.08. The molecule has 0 bridgehead atoms. The van der Waals surface area contributed by atoms with Crippen LogP contribution in [0.5, 0.6) is 0 Å². The number of rotatable bonds is 3. The number of hydrogen-bond acceptors (Lipinski definition) is 4. The number of carbonyl (C=O) groups excluding carboxylic acids is 1. The molecule has 16 heavy (non-hydrogen) atoms. The SMILES string of the molecule is Cn1ncnc1Sc1ccc(C=O)cc1Br. The van der Waals surface area contributed by atoms with Gasteiger partial charge < -0.3 is 0 Å². The van der Waals surface area contributed by atoms with E-state index in [1.165, 1.54) is 18.1 Å².